The molecule has 0 aliphatic rings. The van der Waals surface area contributed by atoms with Gasteiger partial charge in [0.1, 0.15) is 6.10 Å². The quantitative estimate of drug-likeness (QED) is 0.722. The number of halogens is 3. The number of aliphatic hydroxyl groups is 2. The zero-order valence-electron chi connectivity index (χ0n) is 9.22. The highest BCUT2D eigenvalue weighted by Crippen LogP contribution is 2.33. The summed E-state index contributed by atoms with van der Waals surface area (Å²) in [5.74, 6) is -1.58. The van der Waals surface area contributed by atoms with E-state index in [1.165, 1.54) is 6.07 Å². The smallest absolute Gasteiger partial charge is 0.416 e. The second-order valence-corrected chi connectivity index (χ2v) is 3.62. The topological polar surface area (TPSA) is 102 Å². The van der Waals surface area contributed by atoms with Crippen LogP contribution in [0.4, 0.5) is 13.2 Å². The van der Waals surface area contributed by atoms with Gasteiger partial charge in [-0.25, -0.2) is 4.79 Å². The fourth-order valence-electron chi connectivity index (χ4n) is 1.42. The minimum absolute atomic E-state index is 0.397. The molecule has 0 saturated heterocycles. The molecule has 0 heterocycles. The molecular weight excluding hydrogens is 267 g/mol. The van der Waals surface area contributed by atoms with Gasteiger partial charge in [-0.05, 0) is 23.8 Å². The zero-order valence-corrected chi connectivity index (χ0v) is 9.22. The molecule has 2 atom stereocenters. The maximum absolute atomic E-state index is 12.5. The molecule has 0 spiro atoms. The Morgan fingerprint density at radius 2 is 1.89 bits per heavy atom. The van der Waals surface area contributed by atoms with Crippen LogP contribution in [0.15, 0.2) is 18.2 Å². The van der Waals surface area contributed by atoms with Crippen LogP contribution in [0.1, 0.15) is 27.6 Å². The Labute approximate surface area is 105 Å². The lowest BCUT2D eigenvalue weighted by atomic mass is 9.96. The fourth-order valence-corrected chi connectivity index (χ4v) is 1.42. The molecule has 0 bridgehead atoms. The van der Waals surface area contributed by atoms with Crippen LogP contribution in [-0.2, 0) is 6.18 Å². The van der Waals surface area contributed by atoms with E-state index in [2.05, 4.69) is 0 Å². The zero-order chi connectivity index (χ0) is 14.8. The first kappa shape index (κ1) is 14.9. The van der Waals surface area contributed by atoms with Crippen LogP contribution in [0.2, 0.25) is 0 Å². The van der Waals surface area contributed by atoms with Gasteiger partial charge < -0.3 is 15.3 Å². The molecule has 1 aromatic rings. The predicted molar refractivity (Wildman–Crippen MR) is 55.0 cm³/mol. The molecule has 0 saturated carbocycles. The van der Waals surface area contributed by atoms with Crippen molar-refractivity contribution in [2.45, 2.75) is 18.4 Å². The Kier molecular flexibility index (Phi) is 4.14. The van der Waals surface area contributed by atoms with E-state index in [9.17, 15) is 23.1 Å². The van der Waals surface area contributed by atoms with E-state index < -0.39 is 41.0 Å². The molecule has 5 nitrogen and oxygen atoms in total. The lowest BCUT2D eigenvalue weighted by Crippen LogP contribution is -2.20. The van der Waals surface area contributed by atoms with Gasteiger partial charge in [-0.3, -0.25) is 0 Å². The molecule has 1 rings (SSSR count). The number of alkyl halides is 3. The van der Waals surface area contributed by atoms with Crippen molar-refractivity contribution in [2.75, 3.05) is 0 Å². The van der Waals surface area contributed by atoms with E-state index in [1.54, 1.807) is 0 Å². The lowest BCUT2D eigenvalue weighted by molar-refractivity contribution is -0.137. The third kappa shape index (κ3) is 3.21. The van der Waals surface area contributed by atoms with Crippen molar-refractivity contribution in [3.63, 3.8) is 0 Å². The van der Waals surface area contributed by atoms with Crippen molar-refractivity contribution in [1.82, 2.24) is 0 Å². The number of aromatic carboxylic acids is 1. The average Bonchev–Trinajstić information content (AvgIpc) is 2.34. The number of carboxylic acids is 1. The standard InChI is InChI=1S/C11H8F3NO4/c12-11(13,14)5-1-2-6(10(18)19)7(3-5)9(17)8(16)4-15/h1-3,8-9,16-17H,(H,18,19). The summed E-state index contributed by atoms with van der Waals surface area (Å²) in [4.78, 5) is 10.8. The molecule has 0 aromatic heterocycles. The number of aliphatic hydroxyl groups excluding tert-OH is 2. The second kappa shape index (κ2) is 5.26. The van der Waals surface area contributed by atoms with Crippen LogP contribution in [0.3, 0.4) is 0 Å². The molecule has 19 heavy (non-hydrogen) atoms. The molecule has 8 heteroatoms. The van der Waals surface area contributed by atoms with Crippen LogP contribution in [0.25, 0.3) is 0 Å². The highest BCUT2D eigenvalue weighted by Gasteiger charge is 2.33. The Morgan fingerprint density at radius 3 is 2.32 bits per heavy atom. The Morgan fingerprint density at radius 1 is 1.32 bits per heavy atom. The first-order chi connectivity index (χ1) is 8.68. The van der Waals surface area contributed by atoms with E-state index >= 15 is 0 Å². The van der Waals surface area contributed by atoms with Crippen molar-refractivity contribution in [3.05, 3.63) is 34.9 Å². The van der Waals surface area contributed by atoms with Gasteiger partial charge in [-0.2, -0.15) is 18.4 Å². The van der Waals surface area contributed by atoms with Crippen LogP contribution in [0.5, 0.6) is 0 Å². The summed E-state index contributed by atoms with van der Waals surface area (Å²) < 4.78 is 37.5. The lowest BCUT2D eigenvalue weighted by Gasteiger charge is -2.17. The van der Waals surface area contributed by atoms with E-state index in [1.807, 2.05) is 0 Å². The molecule has 0 aliphatic carbocycles. The van der Waals surface area contributed by atoms with Gasteiger partial charge in [0.2, 0.25) is 0 Å². The number of rotatable bonds is 3. The summed E-state index contributed by atoms with van der Waals surface area (Å²) in [6, 6.07) is 2.82. The van der Waals surface area contributed by atoms with Crippen LogP contribution >= 0.6 is 0 Å². The highest BCUT2D eigenvalue weighted by molar-refractivity contribution is 5.89. The van der Waals surface area contributed by atoms with Crippen molar-refractivity contribution >= 4 is 5.97 Å². The first-order valence-corrected chi connectivity index (χ1v) is 4.88. The van der Waals surface area contributed by atoms with Gasteiger partial charge in [-0.15, -0.1) is 0 Å². The molecule has 2 unspecified atom stereocenters. The van der Waals surface area contributed by atoms with E-state index in [-0.39, 0.29) is 0 Å². The van der Waals surface area contributed by atoms with Gasteiger partial charge in [-0.1, -0.05) is 0 Å². The number of benzene rings is 1. The van der Waals surface area contributed by atoms with E-state index in [4.69, 9.17) is 15.5 Å². The maximum atomic E-state index is 12.5. The molecule has 0 fully saturated rings. The molecule has 102 valence electrons. The number of nitriles is 1. The minimum atomic E-state index is -4.73. The average molecular weight is 275 g/mol. The number of nitrogens with zero attached hydrogens (tertiary/aromatic N) is 1. The molecular formula is C11H8F3NO4. The Hall–Kier alpha value is -2.11. The minimum Gasteiger partial charge on any atom is -0.478 e. The number of carbonyl (C=O) groups is 1. The largest absolute Gasteiger partial charge is 0.478 e. The number of hydrogen-bond acceptors (Lipinski definition) is 4. The van der Waals surface area contributed by atoms with Crippen LogP contribution in [0, 0.1) is 11.3 Å². The summed E-state index contributed by atoms with van der Waals surface area (Å²) >= 11 is 0. The summed E-state index contributed by atoms with van der Waals surface area (Å²) in [6.07, 6.45) is -8.80. The highest BCUT2D eigenvalue weighted by atomic mass is 19.4. The normalized spacial score (nSPS) is 14.5. The third-order valence-corrected chi connectivity index (χ3v) is 2.36. The number of carboxylic acid groups (broad SMARTS) is 1. The molecule has 0 amide bonds. The van der Waals surface area contributed by atoms with Crippen molar-refractivity contribution in [1.29, 1.82) is 5.26 Å². The third-order valence-electron chi connectivity index (χ3n) is 2.36. The van der Waals surface area contributed by atoms with Crippen molar-refractivity contribution < 1.29 is 33.3 Å². The summed E-state index contributed by atoms with van der Waals surface area (Å²) in [7, 11) is 0. The number of hydrogen-bond donors (Lipinski definition) is 3. The SMILES string of the molecule is N#CC(O)C(O)c1cc(C(F)(F)F)ccc1C(=O)O. The fraction of sp³-hybridized carbons (Fsp3) is 0.273. The Balaban J connectivity index is 3.40. The van der Waals surface area contributed by atoms with Gasteiger partial charge in [0.25, 0.3) is 0 Å². The van der Waals surface area contributed by atoms with Gasteiger partial charge in [0.05, 0.1) is 17.2 Å². The summed E-state index contributed by atoms with van der Waals surface area (Å²) in [5, 5.41) is 35.8. The molecule has 1 aromatic carbocycles. The summed E-state index contributed by atoms with van der Waals surface area (Å²) in [6.45, 7) is 0. The molecule has 0 aliphatic heterocycles. The van der Waals surface area contributed by atoms with Crippen LogP contribution in [-0.4, -0.2) is 27.4 Å². The van der Waals surface area contributed by atoms with E-state index in [0.717, 1.165) is 0 Å². The van der Waals surface area contributed by atoms with Gasteiger partial charge >= 0.3 is 12.1 Å². The van der Waals surface area contributed by atoms with Gasteiger partial charge in [0.15, 0.2) is 6.10 Å². The van der Waals surface area contributed by atoms with Crippen molar-refractivity contribution in [3.8, 4) is 6.07 Å². The first-order valence-electron chi connectivity index (χ1n) is 4.88. The molecule has 3 N–H and O–H groups in total. The van der Waals surface area contributed by atoms with E-state index in [0.29, 0.717) is 18.2 Å². The monoisotopic (exact) mass is 275 g/mol. The summed E-state index contributed by atoms with van der Waals surface area (Å²) in [5.41, 5.74) is -2.47. The Bertz CT molecular complexity index is 536. The maximum Gasteiger partial charge on any atom is 0.416 e. The second-order valence-electron chi connectivity index (χ2n) is 3.62. The van der Waals surface area contributed by atoms with Crippen LogP contribution < -0.4 is 0 Å². The van der Waals surface area contributed by atoms with Crippen molar-refractivity contribution in [2.24, 2.45) is 0 Å². The van der Waals surface area contributed by atoms with Gasteiger partial charge in [0, 0.05) is 0 Å². The predicted octanol–water partition coefficient (Wildman–Crippen LogP) is 1.32. The molecule has 0 radical (unpaired) electrons.